The average molecular weight is 294 g/mol. The third-order valence-corrected chi connectivity index (χ3v) is 3.52. The molecular formula is C13H18N4O4. The van der Waals surface area contributed by atoms with E-state index in [0.717, 1.165) is 31.6 Å². The third-order valence-electron chi connectivity index (χ3n) is 3.52. The van der Waals surface area contributed by atoms with Crippen molar-refractivity contribution in [2.45, 2.75) is 18.9 Å². The Labute approximate surface area is 122 Å². The molecule has 2 heterocycles. The summed E-state index contributed by atoms with van der Waals surface area (Å²) in [5.74, 6) is -0.880. The van der Waals surface area contributed by atoms with E-state index < -0.39 is 10.9 Å². The van der Waals surface area contributed by atoms with Crippen LogP contribution in [0.25, 0.3) is 0 Å². The number of pyridine rings is 1. The fourth-order valence-corrected chi connectivity index (χ4v) is 2.66. The summed E-state index contributed by atoms with van der Waals surface area (Å²) in [6.45, 7) is 1.50. The van der Waals surface area contributed by atoms with E-state index in [-0.39, 0.29) is 17.3 Å². The second-order valence-electron chi connectivity index (χ2n) is 5.38. The highest BCUT2D eigenvalue weighted by molar-refractivity contribution is 5.94. The second-order valence-corrected chi connectivity index (χ2v) is 5.38. The molecule has 1 saturated heterocycles. The van der Waals surface area contributed by atoms with E-state index >= 15 is 0 Å². The number of carbonyl (C=O) groups is 1. The maximum atomic E-state index is 11.4. The number of hydrogen-bond donors (Lipinski definition) is 1. The molecule has 0 aromatic carbocycles. The number of carboxylic acids is 1. The largest absolute Gasteiger partial charge is 0.478 e. The number of anilines is 1. The Kier molecular flexibility index (Phi) is 4.37. The number of hydrogen-bond acceptors (Lipinski definition) is 6. The molecule has 0 saturated carbocycles. The van der Waals surface area contributed by atoms with E-state index in [1.54, 1.807) is 0 Å². The highest BCUT2D eigenvalue weighted by Gasteiger charge is 2.30. The summed E-state index contributed by atoms with van der Waals surface area (Å²) in [4.78, 5) is 29.5. The van der Waals surface area contributed by atoms with Gasteiger partial charge in [0.1, 0.15) is 17.6 Å². The molecule has 8 heteroatoms. The van der Waals surface area contributed by atoms with Crippen molar-refractivity contribution in [3.05, 3.63) is 27.9 Å². The molecule has 1 unspecified atom stereocenters. The molecule has 1 aliphatic rings. The quantitative estimate of drug-likeness (QED) is 0.643. The molecule has 1 N–H and O–H groups in total. The van der Waals surface area contributed by atoms with Crippen LogP contribution >= 0.6 is 0 Å². The number of aromatic nitrogens is 1. The molecular weight excluding hydrogens is 276 g/mol. The number of aromatic carboxylic acids is 1. The molecule has 0 spiro atoms. The maximum Gasteiger partial charge on any atom is 0.339 e. The maximum absolute atomic E-state index is 11.4. The molecule has 0 aliphatic carbocycles. The lowest BCUT2D eigenvalue weighted by atomic mass is 10.2. The zero-order chi connectivity index (χ0) is 15.6. The van der Waals surface area contributed by atoms with Crippen LogP contribution in [-0.2, 0) is 0 Å². The van der Waals surface area contributed by atoms with Crippen molar-refractivity contribution in [1.29, 1.82) is 0 Å². The number of nitro groups is 1. The van der Waals surface area contributed by atoms with Gasteiger partial charge in [-0.2, -0.15) is 0 Å². The fourth-order valence-electron chi connectivity index (χ4n) is 2.66. The summed E-state index contributed by atoms with van der Waals surface area (Å²) < 4.78 is 0. The van der Waals surface area contributed by atoms with Crippen molar-refractivity contribution in [3.8, 4) is 0 Å². The van der Waals surface area contributed by atoms with Gasteiger partial charge in [-0.3, -0.25) is 10.1 Å². The molecule has 0 radical (unpaired) electrons. The minimum atomic E-state index is -1.20. The van der Waals surface area contributed by atoms with Crippen LogP contribution in [0.4, 0.5) is 11.5 Å². The molecule has 1 aromatic heterocycles. The molecule has 0 bridgehead atoms. The molecule has 114 valence electrons. The van der Waals surface area contributed by atoms with Crippen molar-refractivity contribution in [2.75, 3.05) is 32.1 Å². The molecule has 2 rings (SSSR count). The van der Waals surface area contributed by atoms with Crippen molar-refractivity contribution >= 4 is 17.5 Å². The number of likely N-dealkylation sites (N-methyl/N-ethyl adjacent to an activating group) is 1. The summed E-state index contributed by atoms with van der Waals surface area (Å²) in [5.41, 5.74) is -0.422. The molecule has 21 heavy (non-hydrogen) atoms. The van der Waals surface area contributed by atoms with Crippen LogP contribution in [0, 0.1) is 10.1 Å². The van der Waals surface area contributed by atoms with E-state index in [9.17, 15) is 20.0 Å². The van der Waals surface area contributed by atoms with E-state index in [0.29, 0.717) is 12.4 Å². The Bertz CT molecular complexity index is 561. The molecule has 1 atom stereocenters. The monoisotopic (exact) mass is 294 g/mol. The van der Waals surface area contributed by atoms with E-state index in [1.165, 1.54) is 0 Å². The van der Waals surface area contributed by atoms with Gasteiger partial charge in [-0.05, 0) is 26.9 Å². The lowest BCUT2D eigenvalue weighted by Crippen LogP contribution is -2.38. The zero-order valence-corrected chi connectivity index (χ0v) is 12.0. The first-order valence-corrected chi connectivity index (χ1v) is 6.69. The molecule has 1 fully saturated rings. The van der Waals surface area contributed by atoms with Gasteiger partial charge in [0.25, 0.3) is 5.69 Å². The van der Waals surface area contributed by atoms with Gasteiger partial charge >= 0.3 is 5.97 Å². The van der Waals surface area contributed by atoms with Gasteiger partial charge in [-0.1, -0.05) is 0 Å². The highest BCUT2D eigenvalue weighted by atomic mass is 16.6. The van der Waals surface area contributed by atoms with E-state index in [1.807, 2.05) is 23.9 Å². The molecule has 1 aromatic rings. The standard InChI is InChI=1S/C13H18N4O4/c1-15(2)8-9-4-3-5-16(9)12-11(13(18)19)6-10(7-14-12)17(20)21/h6-7,9H,3-5,8H2,1-2H3,(H,18,19). The second kappa shape index (κ2) is 6.04. The van der Waals surface area contributed by atoms with E-state index in [2.05, 4.69) is 4.98 Å². The van der Waals surface area contributed by atoms with Gasteiger partial charge in [-0.15, -0.1) is 0 Å². The van der Waals surface area contributed by atoms with Crippen LogP contribution < -0.4 is 4.90 Å². The third kappa shape index (κ3) is 3.27. The minimum Gasteiger partial charge on any atom is -0.478 e. The lowest BCUT2D eigenvalue weighted by molar-refractivity contribution is -0.385. The van der Waals surface area contributed by atoms with Crippen molar-refractivity contribution in [2.24, 2.45) is 0 Å². The first-order valence-electron chi connectivity index (χ1n) is 6.69. The summed E-state index contributed by atoms with van der Waals surface area (Å²) in [6, 6.07) is 1.25. The highest BCUT2D eigenvalue weighted by Crippen LogP contribution is 2.29. The van der Waals surface area contributed by atoms with Gasteiger partial charge in [-0.25, -0.2) is 9.78 Å². The van der Waals surface area contributed by atoms with Crippen molar-refractivity contribution in [3.63, 3.8) is 0 Å². The Hall–Kier alpha value is -2.22. The Morgan fingerprint density at radius 1 is 1.62 bits per heavy atom. The van der Waals surface area contributed by atoms with Crippen LogP contribution in [0.1, 0.15) is 23.2 Å². The first kappa shape index (κ1) is 15.2. The summed E-state index contributed by atoms with van der Waals surface area (Å²) >= 11 is 0. The first-order chi connectivity index (χ1) is 9.90. The molecule has 8 nitrogen and oxygen atoms in total. The van der Waals surface area contributed by atoms with Crippen LogP contribution in [0.5, 0.6) is 0 Å². The minimum absolute atomic E-state index is 0.116. The summed E-state index contributed by atoms with van der Waals surface area (Å²) in [6.07, 6.45) is 3.03. The average Bonchev–Trinajstić information content (AvgIpc) is 2.84. The van der Waals surface area contributed by atoms with Gasteiger partial charge in [0.05, 0.1) is 4.92 Å². The Morgan fingerprint density at radius 3 is 2.90 bits per heavy atom. The predicted octanol–water partition coefficient (Wildman–Crippen LogP) is 1.22. The van der Waals surface area contributed by atoms with Crippen LogP contribution in [-0.4, -0.2) is 59.1 Å². The Balaban J connectivity index is 2.38. The zero-order valence-electron chi connectivity index (χ0n) is 12.0. The van der Waals surface area contributed by atoms with Gasteiger partial charge < -0.3 is 14.9 Å². The Morgan fingerprint density at radius 2 is 2.33 bits per heavy atom. The topological polar surface area (TPSA) is 99.8 Å². The lowest BCUT2D eigenvalue weighted by Gasteiger charge is -2.28. The smallest absolute Gasteiger partial charge is 0.339 e. The molecule has 0 amide bonds. The molecule has 1 aliphatic heterocycles. The van der Waals surface area contributed by atoms with Gasteiger partial charge in [0.15, 0.2) is 0 Å². The SMILES string of the molecule is CN(C)CC1CCCN1c1ncc([N+](=O)[O-])cc1C(=O)O. The van der Waals surface area contributed by atoms with Crippen molar-refractivity contribution in [1.82, 2.24) is 9.88 Å². The van der Waals surface area contributed by atoms with Crippen LogP contribution in [0.3, 0.4) is 0 Å². The number of nitrogens with zero attached hydrogens (tertiary/aromatic N) is 4. The predicted molar refractivity (Wildman–Crippen MR) is 76.8 cm³/mol. The van der Waals surface area contributed by atoms with Crippen LogP contribution in [0.2, 0.25) is 0 Å². The van der Waals surface area contributed by atoms with Gasteiger partial charge in [0, 0.05) is 25.2 Å². The summed E-state index contributed by atoms with van der Waals surface area (Å²) in [7, 11) is 3.91. The number of rotatable bonds is 5. The van der Waals surface area contributed by atoms with E-state index in [4.69, 9.17) is 0 Å². The summed E-state index contributed by atoms with van der Waals surface area (Å²) in [5, 5.41) is 20.1. The number of carboxylic acid groups (broad SMARTS) is 1. The van der Waals surface area contributed by atoms with Crippen LogP contribution in [0.15, 0.2) is 12.3 Å². The normalized spacial score (nSPS) is 18.2. The van der Waals surface area contributed by atoms with Gasteiger partial charge in [0.2, 0.25) is 0 Å². The fraction of sp³-hybridized carbons (Fsp3) is 0.538. The van der Waals surface area contributed by atoms with Crippen molar-refractivity contribution < 1.29 is 14.8 Å².